The van der Waals surface area contributed by atoms with Crippen LogP contribution < -0.4 is 0 Å². The lowest BCUT2D eigenvalue weighted by Gasteiger charge is -2.23. The second-order valence-corrected chi connectivity index (χ2v) is 7.62. The highest BCUT2D eigenvalue weighted by Gasteiger charge is 2.26. The zero-order valence-corrected chi connectivity index (χ0v) is 12.8. The van der Waals surface area contributed by atoms with Gasteiger partial charge in [-0.15, -0.1) is 0 Å². The molecule has 0 aromatic heterocycles. The normalized spacial score (nSPS) is 19.6. The Morgan fingerprint density at radius 2 is 1.65 bits per heavy atom. The number of hydrogen-bond acceptors (Lipinski definition) is 2. The molecule has 0 spiro atoms. The summed E-state index contributed by atoms with van der Waals surface area (Å²) in [5, 5.41) is 0. The zero-order valence-electron chi connectivity index (χ0n) is 12.0. The van der Waals surface area contributed by atoms with Gasteiger partial charge < -0.3 is 4.74 Å². The van der Waals surface area contributed by atoms with E-state index in [2.05, 4.69) is 32.5 Å². The summed E-state index contributed by atoms with van der Waals surface area (Å²) in [5.74, 6) is 1.20. The molecule has 1 heterocycles. The molecule has 0 aliphatic carbocycles. The van der Waals surface area contributed by atoms with Gasteiger partial charge in [-0.1, -0.05) is 65.7 Å². The maximum absolute atomic E-state index is 5.26. The molecular weight excluding hydrogens is 228 g/mol. The highest BCUT2D eigenvalue weighted by molar-refractivity contribution is 8.00. The fraction of sp³-hybridized carbons (Fsp3) is 1.00. The molecule has 1 saturated heterocycles. The molecule has 1 unspecified atom stereocenters. The predicted molar refractivity (Wildman–Crippen MR) is 78.9 cm³/mol. The molecule has 1 nitrogen and oxygen atoms in total. The number of rotatable bonds is 11. The molecule has 1 aliphatic heterocycles. The number of thioether (sulfide) groups is 1. The summed E-state index contributed by atoms with van der Waals surface area (Å²) in [5.41, 5.74) is 0. The molecule has 0 aromatic carbocycles. The van der Waals surface area contributed by atoms with Crippen molar-refractivity contribution in [3.63, 3.8) is 0 Å². The van der Waals surface area contributed by atoms with Crippen molar-refractivity contribution in [2.75, 3.05) is 12.4 Å². The van der Waals surface area contributed by atoms with Crippen LogP contribution in [-0.2, 0) is 4.74 Å². The van der Waals surface area contributed by atoms with Gasteiger partial charge in [-0.3, -0.25) is 0 Å². The fourth-order valence-corrected chi connectivity index (χ4v) is 3.18. The van der Waals surface area contributed by atoms with Gasteiger partial charge in [0, 0.05) is 10.5 Å². The van der Waals surface area contributed by atoms with Gasteiger partial charge in [0.25, 0.3) is 0 Å². The van der Waals surface area contributed by atoms with Crippen LogP contribution in [-0.4, -0.2) is 23.2 Å². The lowest BCUT2D eigenvalue weighted by atomic mass is 10.0. The molecule has 0 bridgehead atoms. The molecule has 0 amide bonds. The largest absolute Gasteiger partial charge is 0.372 e. The third kappa shape index (κ3) is 8.96. The van der Waals surface area contributed by atoms with E-state index in [4.69, 9.17) is 4.74 Å². The standard InChI is InChI=1S/C15H30OS/c1-4-5-6-7-8-9-10-11-15(2,3)17-13-14-12-16-14/h14H,4-13H2,1-3H3. The summed E-state index contributed by atoms with van der Waals surface area (Å²) in [4.78, 5) is 0. The molecule has 102 valence electrons. The van der Waals surface area contributed by atoms with Crippen LogP contribution in [0.2, 0.25) is 0 Å². The van der Waals surface area contributed by atoms with Crippen LogP contribution in [0.4, 0.5) is 0 Å². The minimum absolute atomic E-state index is 0.454. The zero-order chi connectivity index (χ0) is 12.6. The monoisotopic (exact) mass is 258 g/mol. The topological polar surface area (TPSA) is 12.5 Å². The van der Waals surface area contributed by atoms with E-state index in [-0.39, 0.29) is 0 Å². The Bertz CT molecular complexity index is 187. The molecule has 17 heavy (non-hydrogen) atoms. The van der Waals surface area contributed by atoms with E-state index < -0.39 is 0 Å². The molecular formula is C15H30OS. The summed E-state index contributed by atoms with van der Waals surface area (Å²) in [6, 6.07) is 0. The minimum atomic E-state index is 0.454. The quantitative estimate of drug-likeness (QED) is 0.380. The number of hydrogen-bond donors (Lipinski definition) is 0. The molecule has 1 aliphatic rings. The van der Waals surface area contributed by atoms with Crippen molar-refractivity contribution < 1.29 is 4.74 Å². The first-order chi connectivity index (χ1) is 8.14. The van der Waals surface area contributed by atoms with Crippen LogP contribution in [0.3, 0.4) is 0 Å². The Hall–Kier alpha value is 0.310. The van der Waals surface area contributed by atoms with Gasteiger partial charge in [0.15, 0.2) is 0 Å². The van der Waals surface area contributed by atoms with E-state index in [1.165, 1.54) is 57.1 Å². The Morgan fingerprint density at radius 3 is 2.24 bits per heavy atom. The highest BCUT2D eigenvalue weighted by Crippen LogP contribution is 2.33. The maximum atomic E-state index is 5.26. The van der Waals surface area contributed by atoms with Crippen LogP contribution in [0.1, 0.15) is 72.1 Å². The molecule has 0 radical (unpaired) electrons. The Labute approximate surface area is 112 Å². The smallest absolute Gasteiger partial charge is 0.0900 e. The van der Waals surface area contributed by atoms with Gasteiger partial charge in [-0.25, -0.2) is 0 Å². The second kappa shape index (κ2) is 8.42. The van der Waals surface area contributed by atoms with Crippen molar-refractivity contribution in [1.29, 1.82) is 0 Å². The van der Waals surface area contributed by atoms with E-state index in [1.54, 1.807) is 0 Å². The highest BCUT2D eigenvalue weighted by atomic mass is 32.2. The van der Waals surface area contributed by atoms with Gasteiger partial charge in [0.2, 0.25) is 0 Å². The van der Waals surface area contributed by atoms with Gasteiger partial charge >= 0.3 is 0 Å². The number of epoxide rings is 1. The molecule has 0 N–H and O–H groups in total. The van der Waals surface area contributed by atoms with Crippen LogP contribution in [0, 0.1) is 0 Å². The van der Waals surface area contributed by atoms with Crippen LogP contribution in [0.15, 0.2) is 0 Å². The van der Waals surface area contributed by atoms with Gasteiger partial charge in [-0.05, 0) is 6.42 Å². The lowest BCUT2D eigenvalue weighted by Crippen LogP contribution is -2.16. The second-order valence-electron chi connectivity index (χ2n) is 5.90. The fourth-order valence-electron chi connectivity index (χ4n) is 2.06. The summed E-state index contributed by atoms with van der Waals surface area (Å²) in [7, 11) is 0. The molecule has 0 aromatic rings. The SMILES string of the molecule is CCCCCCCCCC(C)(C)SCC1CO1. The molecule has 1 fully saturated rings. The van der Waals surface area contributed by atoms with Crippen molar-refractivity contribution in [3.8, 4) is 0 Å². The maximum Gasteiger partial charge on any atom is 0.0900 e. The summed E-state index contributed by atoms with van der Waals surface area (Å²) in [6.45, 7) is 8.05. The Kier molecular flexibility index (Phi) is 7.61. The first kappa shape index (κ1) is 15.4. The summed E-state index contributed by atoms with van der Waals surface area (Å²) in [6.07, 6.45) is 11.9. The molecule has 2 heteroatoms. The Morgan fingerprint density at radius 1 is 1.06 bits per heavy atom. The van der Waals surface area contributed by atoms with E-state index in [9.17, 15) is 0 Å². The van der Waals surface area contributed by atoms with Crippen molar-refractivity contribution in [3.05, 3.63) is 0 Å². The summed E-state index contributed by atoms with van der Waals surface area (Å²) < 4.78 is 5.72. The molecule has 1 atom stereocenters. The van der Waals surface area contributed by atoms with Gasteiger partial charge in [0.1, 0.15) is 0 Å². The minimum Gasteiger partial charge on any atom is -0.372 e. The van der Waals surface area contributed by atoms with Crippen molar-refractivity contribution in [2.24, 2.45) is 0 Å². The van der Waals surface area contributed by atoms with Crippen LogP contribution in [0.5, 0.6) is 0 Å². The van der Waals surface area contributed by atoms with Crippen LogP contribution >= 0.6 is 11.8 Å². The van der Waals surface area contributed by atoms with Crippen LogP contribution in [0.25, 0.3) is 0 Å². The van der Waals surface area contributed by atoms with E-state index >= 15 is 0 Å². The first-order valence-corrected chi connectivity index (χ1v) is 8.38. The average molecular weight is 258 g/mol. The molecule has 1 rings (SSSR count). The Balaban J connectivity index is 1.88. The number of unbranched alkanes of at least 4 members (excludes halogenated alkanes) is 6. The van der Waals surface area contributed by atoms with Crippen molar-refractivity contribution in [1.82, 2.24) is 0 Å². The average Bonchev–Trinajstić information content (AvgIpc) is 3.09. The lowest BCUT2D eigenvalue weighted by molar-refractivity contribution is 0.425. The first-order valence-electron chi connectivity index (χ1n) is 7.39. The van der Waals surface area contributed by atoms with Gasteiger partial charge in [0.05, 0.1) is 12.7 Å². The number of ether oxygens (including phenoxy) is 1. The predicted octanol–water partition coefficient (Wildman–Crippen LogP) is 5.04. The third-order valence-electron chi connectivity index (χ3n) is 3.44. The van der Waals surface area contributed by atoms with Gasteiger partial charge in [-0.2, -0.15) is 11.8 Å². The van der Waals surface area contributed by atoms with E-state index in [0.29, 0.717) is 10.9 Å². The summed E-state index contributed by atoms with van der Waals surface area (Å²) >= 11 is 2.10. The van der Waals surface area contributed by atoms with Crippen molar-refractivity contribution >= 4 is 11.8 Å². The van der Waals surface area contributed by atoms with E-state index in [1.807, 2.05) is 0 Å². The molecule has 0 saturated carbocycles. The third-order valence-corrected chi connectivity index (χ3v) is 4.97. The van der Waals surface area contributed by atoms with Crippen molar-refractivity contribution in [2.45, 2.75) is 83.0 Å². The van der Waals surface area contributed by atoms with E-state index in [0.717, 1.165) is 6.61 Å².